The average molecular weight is 401 g/mol. The lowest BCUT2D eigenvalue weighted by Gasteiger charge is -2.05. The number of nitrogens with one attached hydrogen (secondary N) is 2. The first kappa shape index (κ1) is 17.5. The molecule has 1 aliphatic rings. The van der Waals surface area contributed by atoms with Crippen molar-refractivity contribution in [2.45, 2.75) is 13.0 Å². The van der Waals surface area contributed by atoms with E-state index in [2.05, 4.69) is 15.6 Å². The molecule has 138 valence electrons. The molecule has 1 aliphatic heterocycles. The molecule has 7 nitrogen and oxygen atoms in total. The third kappa shape index (κ3) is 4.26. The topological polar surface area (TPSA) is 89.6 Å². The number of amides is 2. The first-order valence-electron chi connectivity index (χ1n) is 8.10. The van der Waals surface area contributed by atoms with Gasteiger partial charge in [0.1, 0.15) is 0 Å². The molecule has 2 N–H and O–H groups in total. The van der Waals surface area contributed by atoms with Crippen molar-refractivity contribution >= 4 is 39.6 Å². The summed E-state index contributed by atoms with van der Waals surface area (Å²) < 4.78 is 10.6. The summed E-state index contributed by atoms with van der Waals surface area (Å²) in [7, 11) is 0. The predicted molar refractivity (Wildman–Crippen MR) is 103 cm³/mol. The molecule has 3 aromatic rings. The van der Waals surface area contributed by atoms with E-state index >= 15 is 0 Å². The summed E-state index contributed by atoms with van der Waals surface area (Å²) in [5.41, 5.74) is 2.14. The standard InChI is InChI=1S/C18H15N3O4S2/c22-16(19-7-11-1-2-14-15(5-11)25-10-24-14)6-13-9-27-18(20-13)21-17(23)12-3-4-26-8-12/h1-5,8-9H,6-7,10H2,(H,19,22)(H,20,21,23). The van der Waals surface area contributed by atoms with Crippen molar-refractivity contribution in [3.05, 3.63) is 57.2 Å². The van der Waals surface area contributed by atoms with Gasteiger partial charge in [0, 0.05) is 17.3 Å². The number of hydrogen-bond acceptors (Lipinski definition) is 7. The van der Waals surface area contributed by atoms with Gasteiger partial charge in [0.2, 0.25) is 12.7 Å². The van der Waals surface area contributed by atoms with Gasteiger partial charge in [-0.1, -0.05) is 6.07 Å². The number of fused-ring (bicyclic) bond motifs is 1. The molecule has 4 rings (SSSR count). The number of carbonyl (C=O) groups excluding carboxylic acids is 2. The molecule has 9 heteroatoms. The smallest absolute Gasteiger partial charge is 0.258 e. The summed E-state index contributed by atoms with van der Waals surface area (Å²) in [5.74, 6) is 1.05. The third-order valence-corrected chi connectivity index (χ3v) is 5.31. The van der Waals surface area contributed by atoms with E-state index in [4.69, 9.17) is 9.47 Å². The van der Waals surface area contributed by atoms with Crippen molar-refractivity contribution in [2.24, 2.45) is 0 Å². The fraction of sp³-hybridized carbons (Fsp3) is 0.167. The molecule has 0 atom stereocenters. The number of ether oxygens (including phenoxy) is 2. The molecular weight excluding hydrogens is 386 g/mol. The van der Waals surface area contributed by atoms with Gasteiger partial charge in [-0.15, -0.1) is 11.3 Å². The van der Waals surface area contributed by atoms with Crippen LogP contribution in [0.15, 0.2) is 40.4 Å². The zero-order valence-corrected chi connectivity index (χ0v) is 15.7. The number of rotatable bonds is 6. The van der Waals surface area contributed by atoms with Crippen molar-refractivity contribution in [2.75, 3.05) is 12.1 Å². The zero-order chi connectivity index (χ0) is 18.6. The van der Waals surface area contributed by atoms with Gasteiger partial charge in [-0.05, 0) is 29.1 Å². The monoisotopic (exact) mass is 401 g/mol. The highest BCUT2D eigenvalue weighted by Gasteiger charge is 2.14. The van der Waals surface area contributed by atoms with E-state index < -0.39 is 0 Å². The third-order valence-electron chi connectivity index (χ3n) is 3.82. The summed E-state index contributed by atoms with van der Waals surface area (Å²) >= 11 is 2.75. The van der Waals surface area contributed by atoms with E-state index in [1.807, 2.05) is 23.6 Å². The lowest BCUT2D eigenvalue weighted by molar-refractivity contribution is -0.120. The Labute approximate surface area is 163 Å². The van der Waals surface area contributed by atoms with Gasteiger partial charge < -0.3 is 14.8 Å². The molecule has 2 aromatic heterocycles. The van der Waals surface area contributed by atoms with Gasteiger partial charge in [-0.3, -0.25) is 14.9 Å². The van der Waals surface area contributed by atoms with Crippen LogP contribution in [0.5, 0.6) is 11.5 Å². The lowest BCUT2D eigenvalue weighted by atomic mass is 10.2. The molecule has 1 aromatic carbocycles. The predicted octanol–water partition coefficient (Wildman–Crippen LogP) is 3.04. The quantitative estimate of drug-likeness (QED) is 0.663. The first-order valence-corrected chi connectivity index (χ1v) is 9.93. The van der Waals surface area contributed by atoms with Crippen molar-refractivity contribution in [1.82, 2.24) is 10.3 Å². The molecule has 27 heavy (non-hydrogen) atoms. The fourth-order valence-corrected chi connectivity index (χ4v) is 3.83. The van der Waals surface area contributed by atoms with E-state index in [1.165, 1.54) is 22.7 Å². The minimum atomic E-state index is -0.204. The minimum absolute atomic E-state index is 0.145. The van der Waals surface area contributed by atoms with Gasteiger partial charge >= 0.3 is 0 Å². The number of carbonyl (C=O) groups is 2. The maximum atomic E-state index is 12.1. The maximum absolute atomic E-state index is 12.1. The van der Waals surface area contributed by atoms with E-state index in [0.29, 0.717) is 34.4 Å². The Morgan fingerprint density at radius 1 is 1.15 bits per heavy atom. The Bertz CT molecular complexity index is 969. The number of hydrogen-bond donors (Lipinski definition) is 2. The summed E-state index contributed by atoms with van der Waals surface area (Å²) in [6.45, 7) is 0.613. The van der Waals surface area contributed by atoms with Crippen molar-refractivity contribution in [3.63, 3.8) is 0 Å². The normalized spacial score (nSPS) is 12.0. The molecule has 0 fully saturated rings. The molecular formula is C18H15N3O4S2. The number of nitrogens with zero attached hydrogens (tertiary/aromatic N) is 1. The van der Waals surface area contributed by atoms with Crippen LogP contribution in [0.3, 0.4) is 0 Å². The first-order chi connectivity index (χ1) is 13.2. The lowest BCUT2D eigenvalue weighted by Crippen LogP contribution is -2.24. The van der Waals surface area contributed by atoms with Crippen LogP contribution >= 0.6 is 22.7 Å². The fourth-order valence-electron chi connectivity index (χ4n) is 2.49. The molecule has 3 heterocycles. The van der Waals surface area contributed by atoms with Gasteiger partial charge in [0.05, 0.1) is 17.7 Å². The van der Waals surface area contributed by atoms with Gasteiger partial charge in [-0.25, -0.2) is 4.98 Å². The zero-order valence-electron chi connectivity index (χ0n) is 14.1. The van der Waals surface area contributed by atoms with Gasteiger partial charge in [0.25, 0.3) is 5.91 Å². The SMILES string of the molecule is O=C(Cc1csc(NC(=O)c2ccsc2)n1)NCc1ccc2c(c1)OCO2. The number of aromatic nitrogens is 1. The van der Waals surface area contributed by atoms with E-state index in [0.717, 1.165) is 5.56 Å². The Kier molecular flexibility index (Phi) is 5.03. The molecule has 0 aliphatic carbocycles. The molecule has 0 saturated heterocycles. The highest BCUT2D eigenvalue weighted by atomic mass is 32.1. The average Bonchev–Trinajstić information content (AvgIpc) is 3.41. The molecule has 0 spiro atoms. The number of thiophene rings is 1. The molecule has 0 radical (unpaired) electrons. The number of thiazole rings is 1. The van der Waals surface area contributed by atoms with Crippen molar-refractivity contribution in [1.29, 1.82) is 0 Å². The highest BCUT2D eigenvalue weighted by molar-refractivity contribution is 7.14. The summed E-state index contributed by atoms with van der Waals surface area (Å²) in [5, 5.41) is 11.4. The van der Waals surface area contributed by atoms with Crippen LogP contribution in [0, 0.1) is 0 Å². The summed E-state index contributed by atoms with van der Waals surface area (Å²) in [6.07, 6.45) is 0.148. The van der Waals surface area contributed by atoms with E-state index in [1.54, 1.807) is 16.8 Å². The van der Waals surface area contributed by atoms with Crippen LogP contribution in [0.4, 0.5) is 5.13 Å². The molecule has 2 amide bonds. The van der Waals surface area contributed by atoms with Crippen molar-refractivity contribution in [3.8, 4) is 11.5 Å². The van der Waals surface area contributed by atoms with Crippen LogP contribution < -0.4 is 20.1 Å². The Morgan fingerprint density at radius 2 is 2.04 bits per heavy atom. The molecule has 0 unspecified atom stereocenters. The van der Waals surface area contributed by atoms with E-state index in [9.17, 15) is 9.59 Å². The van der Waals surface area contributed by atoms with Crippen LogP contribution in [-0.4, -0.2) is 23.6 Å². The second-order valence-corrected chi connectivity index (χ2v) is 7.39. The number of benzene rings is 1. The van der Waals surface area contributed by atoms with Crippen LogP contribution in [0.2, 0.25) is 0 Å². The highest BCUT2D eigenvalue weighted by Crippen LogP contribution is 2.32. The minimum Gasteiger partial charge on any atom is -0.454 e. The van der Waals surface area contributed by atoms with E-state index in [-0.39, 0.29) is 25.0 Å². The Balaban J connectivity index is 1.28. The summed E-state index contributed by atoms with van der Waals surface area (Å²) in [6, 6.07) is 7.31. The van der Waals surface area contributed by atoms with Crippen LogP contribution in [-0.2, 0) is 17.8 Å². The Hall–Kier alpha value is -2.91. The summed E-state index contributed by atoms with van der Waals surface area (Å²) in [4.78, 5) is 28.5. The number of anilines is 1. The van der Waals surface area contributed by atoms with Gasteiger partial charge in [0.15, 0.2) is 16.6 Å². The largest absolute Gasteiger partial charge is 0.454 e. The second-order valence-electron chi connectivity index (χ2n) is 5.75. The van der Waals surface area contributed by atoms with Crippen LogP contribution in [0.25, 0.3) is 0 Å². The second kappa shape index (κ2) is 7.77. The Morgan fingerprint density at radius 3 is 2.89 bits per heavy atom. The van der Waals surface area contributed by atoms with Gasteiger partial charge in [-0.2, -0.15) is 11.3 Å². The maximum Gasteiger partial charge on any atom is 0.258 e. The molecule has 0 bridgehead atoms. The van der Waals surface area contributed by atoms with Crippen LogP contribution in [0.1, 0.15) is 21.6 Å². The van der Waals surface area contributed by atoms with Crippen molar-refractivity contribution < 1.29 is 19.1 Å². The molecule has 0 saturated carbocycles.